The van der Waals surface area contributed by atoms with Crippen molar-refractivity contribution in [1.29, 1.82) is 0 Å². The first-order valence-electron chi connectivity index (χ1n) is 10.6. The van der Waals surface area contributed by atoms with E-state index in [0.717, 1.165) is 42.5 Å². The fraction of sp³-hybridized carbons (Fsp3) is 0.667. The van der Waals surface area contributed by atoms with Gasteiger partial charge in [-0.3, -0.25) is 0 Å². The highest BCUT2D eigenvalue weighted by molar-refractivity contribution is 6.76. The Morgan fingerprint density at radius 2 is 2.07 bits per heavy atom. The fourth-order valence-electron chi connectivity index (χ4n) is 3.43. The number of fused-ring (bicyclic) bond motifs is 1. The van der Waals surface area contributed by atoms with Crippen molar-refractivity contribution in [3.8, 4) is 0 Å². The second kappa shape index (κ2) is 8.93. The molecule has 9 heteroatoms. The number of nitrogens with zero attached hydrogens (tertiary/aromatic N) is 4. The van der Waals surface area contributed by atoms with Gasteiger partial charge in [-0.05, 0) is 39.3 Å². The maximum absolute atomic E-state index is 12.1. The van der Waals surface area contributed by atoms with E-state index in [1.165, 1.54) is 0 Å². The summed E-state index contributed by atoms with van der Waals surface area (Å²) < 4.78 is 13.3. The summed E-state index contributed by atoms with van der Waals surface area (Å²) >= 11 is 0. The van der Waals surface area contributed by atoms with Gasteiger partial charge < -0.3 is 24.3 Å². The largest absolute Gasteiger partial charge is 0.444 e. The zero-order chi connectivity index (χ0) is 21.9. The highest BCUT2D eigenvalue weighted by Crippen LogP contribution is 2.27. The quantitative estimate of drug-likeness (QED) is 0.528. The standard InChI is InChI=1S/C21H35N5O3Si/c1-21(2,3)29-20(27)24-16-7-9-25(13-16)18-17-8-10-26(19(17)23-14-22-18)15-28-11-12-30(4,5)6/h8,10,14,16H,7,9,11-13,15H2,1-6H3,(H,24,27). The molecule has 166 valence electrons. The number of carbonyl (C=O) groups excluding carboxylic acids is 1. The van der Waals surface area contributed by atoms with Gasteiger partial charge in [-0.2, -0.15) is 0 Å². The molecule has 1 fully saturated rings. The van der Waals surface area contributed by atoms with Crippen LogP contribution in [0.1, 0.15) is 27.2 Å². The molecule has 0 bridgehead atoms. The van der Waals surface area contributed by atoms with Crippen LogP contribution >= 0.6 is 0 Å². The molecule has 1 N–H and O–H groups in total. The van der Waals surface area contributed by atoms with Crippen LogP contribution in [0.3, 0.4) is 0 Å². The summed E-state index contributed by atoms with van der Waals surface area (Å²) in [6, 6.07) is 3.23. The lowest BCUT2D eigenvalue weighted by Crippen LogP contribution is -2.40. The molecule has 3 rings (SSSR count). The number of rotatable bonds is 7. The van der Waals surface area contributed by atoms with E-state index in [-0.39, 0.29) is 12.1 Å². The van der Waals surface area contributed by atoms with Gasteiger partial charge in [0, 0.05) is 34.0 Å². The van der Waals surface area contributed by atoms with Crippen LogP contribution in [0, 0.1) is 0 Å². The van der Waals surface area contributed by atoms with Crippen molar-refractivity contribution in [2.75, 3.05) is 24.6 Å². The highest BCUT2D eigenvalue weighted by atomic mass is 28.3. The van der Waals surface area contributed by atoms with Gasteiger partial charge in [0.15, 0.2) is 0 Å². The van der Waals surface area contributed by atoms with E-state index in [4.69, 9.17) is 9.47 Å². The number of nitrogens with one attached hydrogen (secondary N) is 1. The van der Waals surface area contributed by atoms with Crippen molar-refractivity contribution in [3.63, 3.8) is 0 Å². The Hall–Kier alpha value is -2.13. The van der Waals surface area contributed by atoms with Gasteiger partial charge in [-0.15, -0.1) is 0 Å². The van der Waals surface area contributed by atoms with Crippen LogP contribution in [0.15, 0.2) is 18.6 Å². The van der Waals surface area contributed by atoms with Crippen molar-refractivity contribution in [2.24, 2.45) is 0 Å². The SMILES string of the molecule is CC(C)(C)OC(=O)NC1CCN(c2ncnc3c2ccn3COCC[Si](C)(C)C)C1. The first-order chi connectivity index (χ1) is 14.0. The molecule has 2 aromatic heterocycles. The summed E-state index contributed by atoms with van der Waals surface area (Å²) in [5, 5.41) is 3.97. The molecule has 30 heavy (non-hydrogen) atoms. The van der Waals surface area contributed by atoms with Gasteiger partial charge in [-0.25, -0.2) is 14.8 Å². The van der Waals surface area contributed by atoms with Crippen LogP contribution in [0.5, 0.6) is 0 Å². The first-order valence-corrected chi connectivity index (χ1v) is 14.3. The van der Waals surface area contributed by atoms with E-state index in [1.807, 2.05) is 37.6 Å². The minimum Gasteiger partial charge on any atom is -0.444 e. The third kappa shape index (κ3) is 6.18. The number of alkyl carbamates (subject to hydrolysis) is 1. The summed E-state index contributed by atoms with van der Waals surface area (Å²) in [5.41, 5.74) is 0.373. The molecule has 0 spiro atoms. The molecule has 8 nitrogen and oxygen atoms in total. The van der Waals surface area contributed by atoms with Gasteiger partial charge in [0.1, 0.15) is 30.1 Å². The second-order valence-corrected chi connectivity index (χ2v) is 15.8. The molecule has 1 amide bonds. The number of aromatic nitrogens is 3. The number of amides is 1. The van der Waals surface area contributed by atoms with Crippen LogP contribution in [0.25, 0.3) is 11.0 Å². The van der Waals surface area contributed by atoms with Crippen LogP contribution in [0.4, 0.5) is 10.6 Å². The second-order valence-electron chi connectivity index (χ2n) is 10.1. The summed E-state index contributed by atoms with van der Waals surface area (Å²) in [7, 11) is -1.10. The van der Waals surface area contributed by atoms with E-state index in [0.29, 0.717) is 13.3 Å². The lowest BCUT2D eigenvalue weighted by Gasteiger charge is -2.22. The molecule has 1 atom stereocenters. The number of ether oxygens (including phenoxy) is 2. The normalized spacial score (nSPS) is 17.5. The Labute approximate surface area is 180 Å². The fourth-order valence-corrected chi connectivity index (χ4v) is 4.19. The lowest BCUT2D eigenvalue weighted by atomic mass is 10.2. The maximum atomic E-state index is 12.1. The van der Waals surface area contributed by atoms with Gasteiger partial charge >= 0.3 is 6.09 Å². The van der Waals surface area contributed by atoms with E-state index in [9.17, 15) is 4.79 Å². The zero-order valence-electron chi connectivity index (χ0n) is 19.1. The van der Waals surface area contributed by atoms with Crippen LogP contribution in [-0.2, 0) is 16.2 Å². The molecule has 0 aliphatic carbocycles. The molecular formula is C21H35N5O3Si. The molecule has 2 aromatic rings. The summed E-state index contributed by atoms with van der Waals surface area (Å²) in [6.07, 6.45) is 4.09. The average Bonchev–Trinajstić information content (AvgIpc) is 3.23. The monoisotopic (exact) mass is 433 g/mol. The summed E-state index contributed by atoms with van der Waals surface area (Å²) in [4.78, 5) is 23.3. The van der Waals surface area contributed by atoms with Crippen molar-refractivity contribution in [1.82, 2.24) is 19.9 Å². The average molecular weight is 434 g/mol. The minimum atomic E-state index is -1.10. The molecule has 1 unspecified atom stereocenters. The Morgan fingerprint density at radius 1 is 1.30 bits per heavy atom. The van der Waals surface area contributed by atoms with E-state index >= 15 is 0 Å². The van der Waals surface area contributed by atoms with E-state index in [1.54, 1.807) is 6.33 Å². The summed E-state index contributed by atoms with van der Waals surface area (Å²) in [5.74, 6) is 0.898. The Bertz CT molecular complexity index is 872. The molecule has 1 saturated heterocycles. The molecular weight excluding hydrogens is 398 g/mol. The van der Waals surface area contributed by atoms with Gasteiger partial charge in [-0.1, -0.05) is 19.6 Å². The molecule has 3 heterocycles. The van der Waals surface area contributed by atoms with Gasteiger partial charge in [0.05, 0.1) is 11.4 Å². The van der Waals surface area contributed by atoms with E-state index in [2.05, 4.69) is 39.8 Å². The lowest BCUT2D eigenvalue weighted by molar-refractivity contribution is 0.0509. The zero-order valence-corrected chi connectivity index (χ0v) is 20.1. The number of anilines is 1. The van der Waals surface area contributed by atoms with Gasteiger partial charge in [0.25, 0.3) is 0 Å². The van der Waals surface area contributed by atoms with Crippen molar-refractivity contribution >= 4 is 31.0 Å². The number of hydrogen-bond donors (Lipinski definition) is 1. The molecule has 0 radical (unpaired) electrons. The Morgan fingerprint density at radius 3 is 2.77 bits per heavy atom. The van der Waals surface area contributed by atoms with Crippen LogP contribution < -0.4 is 10.2 Å². The predicted octanol–water partition coefficient (Wildman–Crippen LogP) is 3.85. The Kier molecular flexibility index (Phi) is 6.71. The smallest absolute Gasteiger partial charge is 0.407 e. The molecule has 1 aliphatic heterocycles. The molecule has 1 aliphatic rings. The Balaban J connectivity index is 1.62. The highest BCUT2D eigenvalue weighted by Gasteiger charge is 2.28. The topological polar surface area (TPSA) is 81.5 Å². The van der Waals surface area contributed by atoms with Crippen molar-refractivity contribution in [2.45, 2.75) is 71.3 Å². The van der Waals surface area contributed by atoms with Crippen molar-refractivity contribution in [3.05, 3.63) is 18.6 Å². The summed E-state index contributed by atoms with van der Waals surface area (Å²) in [6.45, 7) is 15.4. The predicted molar refractivity (Wildman–Crippen MR) is 122 cm³/mol. The molecule has 0 aromatic carbocycles. The van der Waals surface area contributed by atoms with Crippen LogP contribution in [0.2, 0.25) is 25.7 Å². The third-order valence-corrected chi connectivity index (χ3v) is 6.67. The minimum absolute atomic E-state index is 0.0387. The number of carbonyl (C=O) groups is 1. The van der Waals surface area contributed by atoms with Crippen molar-refractivity contribution < 1.29 is 14.3 Å². The number of hydrogen-bond acceptors (Lipinski definition) is 6. The third-order valence-electron chi connectivity index (χ3n) is 4.97. The van der Waals surface area contributed by atoms with Crippen LogP contribution in [-0.4, -0.2) is 60.0 Å². The van der Waals surface area contributed by atoms with E-state index < -0.39 is 13.7 Å². The molecule has 0 saturated carbocycles. The first kappa shape index (κ1) is 22.5. The maximum Gasteiger partial charge on any atom is 0.407 e. The van der Waals surface area contributed by atoms with Gasteiger partial charge in [0.2, 0.25) is 0 Å².